The molecule has 2 rings (SSSR count). The molecule has 0 aliphatic rings. The van der Waals surface area contributed by atoms with E-state index in [1.54, 1.807) is 0 Å². The Morgan fingerprint density at radius 1 is 1.00 bits per heavy atom. The highest BCUT2D eigenvalue weighted by Crippen LogP contribution is 2.17. The number of para-hydroxylation sites is 1. The summed E-state index contributed by atoms with van der Waals surface area (Å²) in [5.41, 5.74) is 4.30. The third kappa shape index (κ3) is 4.91. The van der Waals surface area contributed by atoms with Crippen LogP contribution in [0, 0.1) is 0 Å². The Kier molecular flexibility index (Phi) is 6.51. The highest BCUT2D eigenvalue weighted by molar-refractivity contribution is 5.79. The van der Waals surface area contributed by atoms with E-state index < -0.39 is 0 Å². The standard InChI is InChI=1S/C21H29N/c1-4-5-6-10-18(2)11-9-12-19(3)17-22-16-15-20-13-7-8-14-21(20)22/h7-8,10,12-16H,4-6,9,11,17H2,1-3H3/b18-10+,19-12+. The number of rotatable bonds is 8. The van der Waals surface area contributed by atoms with Crippen molar-refractivity contribution in [1.82, 2.24) is 4.57 Å². The number of nitrogens with zero attached hydrogens (tertiary/aromatic N) is 1. The predicted octanol–water partition coefficient (Wildman–Crippen LogP) is 6.50. The first kappa shape index (κ1) is 16.6. The molecule has 118 valence electrons. The molecule has 2 aromatic rings. The van der Waals surface area contributed by atoms with E-state index in [9.17, 15) is 0 Å². The van der Waals surface area contributed by atoms with Crippen molar-refractivity contribution in [2.24, 2.45) is 0 Å². The quantitative estimate of drug-likeness (QED) is 0.387. The first-order valence-corrected chi connectivity index (χ1v) is 8.56. The Morgan fingerprint density at radius 2 is 1.77 bits per heavy atom. The van der Waals surface area contributed by atoms with E-state index in [-0.39, 0.29) is 0 Å². The summed E-state index contributed by atoms with van der Waals surface area (Å²) in [5, 5.41) is 1.32. The van der Waals surface area contributed by atoms with Crippen LogP contribution >= 0.6 is 0 Å². The van der Waals surface area contributed by atoms with Crippen molar-refractivity contribution in [2.45, 2.75) is 59.4 Å². The number of fused-ring (bicyclic) bond motifs is 1. The van der Waals surface area contributed by atoms with Gasteiger partial charge in [-0.25, -0.2) is 0 Å². The second-order valence-electron chi connectivity index (χ2n) is 6.28. The number of allylic oxidation sites excluding steroid dienone is 4. The molecule has 0 N–H and O–H groups in total. The van der Waals surface area contributed by atoms with Crippen molar-refractivity contribution in [3.63, 3.8) is 0 Å². The van der Waals surface area contributed by atoms with Gasteiger partial charge in [-0.05, 0) is 50.6 Å². The van der Waals surface area contributed by atoms with Crippen molar-refractivity contribution >= 4 is 10.9 Å². The Labute approximate surface area is 135 Å². The molecule has 0 aliphatic heterocycles. The van der Waals surface area contributed by atoms with Gasteiger partial charge in [-0.1, -0.05) is 61.3 Å². The Balaban J connectivity index is 1.86. The van der Waals surface area contributed by atoms with E-state index in [4.69, 9.17) is 0 Å². The average Bonchev–Trinajstić information content (AvgIpc) is 2.91. The van der Waals surface area contributed by atoms with Crippen molar-refractivity contribution in [3.05, 3.63) is 59.8 Å². The fourth-order valence-electron chi connectivity index (χ4n) is 2.81. The largest absolute Gasteiger partial charge is 0.343 e. The maximum Gasteiger partial charge on any atom is 0.0483 e. The third-order valence-corrected chi connectivity index (χ3v) is 4.18. The van der Waals surface area contributed by atoms with Gasteiger partial charge in [-0.3, -0.25) is 0 Å². The second-order valence-corrected chi connectivity index (χ2v) is 6.28. The van der Waals surface area contributed by atoms with E-state index in [0.717, 1.165) is 13.0 Å². The smallest absolute Gasteiger partial charge is 0.0483 e. The van der Waals surface area contributed by atoms with Crippen LogP contribution in [0.25, 0.3) is 10.9 Å². The van der Waals surface area contributed by atoms with E-state index in [1.165, 1.54) is 47.7 Å². The molecule has 1 heteroatoms. The van der Waals surface area contributed by atoms with E-state index in [2.05, 4.69) is 74.0 Å². The lowest BCUT2D eigenvalue weighted by atomic mass is 10.1. The van der Waals surface area contributed by atoms with Crippen molar-refractivity contribution < 1.29 is 0 Å². The lowest BCUT2D eigenvalue weighted by molar-refractivity contribution is 0.798. The molecule has 0 amide bonds. The molecule has 0 bridgehead atoms. The second kappa shape index (κ2) is 8.63. The summed E-state index contributed by atoms with van der Waals surface area (Å²) in [6.07, 6.45) is 13.2. The molecule has 0 atom stereocenters. The van der Waals surface area contributed by atoms with Crippen LogP contribution < -0.4 is 0 Å². The molecule has 0 unspecified atom stereocenters. The molecule has 1 aromatic heterocycles. The lowest BCUT2D eigenvalue weighted by Gasteiger charge is -2.06. The molecule has 0 radical (unpaired) electrons. The Morgan fingerprint density at radius 3 is 2.59 bits per heavy atom. The highest BCUT2D eigenvalue weighted by atomic mass is 14.9. The summed E-state index contributed by atoms with van der Waals surface area (Å²) in [7, 11) is 0. The summed E-state index contributed by atoms with van der Waals surface area (Å²) >= 11 is 0. The molecule has 1 heterocycles. The van der Waals surface area contributed by atoms with E-state index in [1.807, 2.05) is 0 Å². The van der Waals surface area contributed by atoms with Gasteiger partial charge < -0.3 is 4.57 Å². The van der Waals surface area contributed by atoms with Crippen molar-refractivity contribution in [3.8, 4) is 0 Å². The Hall–Kier alpha value is -1.76. The normalized spacial score (nSPS) is 13.0. The van der Waals surface area contributed by atoms with E-state index >= 15 is 0 Å². The maximum atomic E-state index is 2.41. The zero-order chi connectivity index (χ0) is 15.8. The van der Waals surface area contributed by atoms with Crippen LogP contribution in [0.1, 0.15) is 52.9 Å². The minimum atomic E-state index is 0.992. The molecule has 0 fully saturated rings. The number of unbranched alkanes of at least 4 members (excludes halogenated alkanes) is 2. The number of aromatic nitrogens is 1. The van der Waals surface area contributed by atoms with Crippen LogP contribution in [0.3, 0.4) is 0 Å². The molecule has 0 saturated carbocycles. The predicted molar refractivity (Wildman–Crippen MR) is 98.2 cm³/mol. The van der Waals surface area contributed by atoms with E-state index in [0.29, 0.717) is 0 Å². The molecular formula is C21H29N. The number of hydrogen-bond acceptors (Lipinski definition) is 0. The molecular weight excluding hydrogens is 266 g/mol. The van der Waals surface area contributed by atoms with Crippen LogP contribution in [-0.4, -0.2) is 4.57 Å². The fraction of sp³-hybridized carbons (Fsp3) is 0.429. The van der Waals surface area contributed by atoms with Crippen molar-refractivity contribution in [2.75, 3.05) is 0 Å². The first-order valence-electron chi connectivity index (χ1n) is 8.56. The number of hydrogen-bond donors (Lipinski definition) is 0. The zero-order valence-corrected chi connectivity index (χ0v) is 14.3. The topological polar surface area (TPSA) is 4.93 Å². The van der Waals surface area contributed by atoms with Gasteiger partial charge in [0.25, 0.3) is 0 Å². The van der Waals surface area contributed by atoms with Gasteiger partial charge in [0.15, 0.2) is 0 Å². The molecule has 1 nitrogen and oxygen atoms in total. The minimum Gasteiger partial charge on any atom is -0.343 e. The van der Waals surface area contributed by atoms with Gasteiger partial charge in [-0.15, -0.1) is 0 Å². The molecule has 22 heavy (non-hydrogen) atoms. The Bertz CT molecular complexity index is 643. The average molecular weight is 295 g/mol. The fourth-order valence-corrected chi connectivity index (χ4v) is 2.81. The maximum absolute atomic E-state index is 2.41. The van der Waals surface area contributed by atoms with Crippen molar-refractivity contribution in [1.29, 1.82) is 0 Å². The first-order chi connectivity index (χ1) is 10.7. The number of benzene rings is 1. The summed E-state index contributed by atoms with van der Waals surface area (Å²) in [6, 6.07) is 10.8. The molecule has 0 aliphatic carbocycles. The van der Waals surface area contributed by atoms with Gasteiger partial charge in [0, 0.05) is 18.3 Å². The van der Waals surface area contributed by atoms with Crippen LogP contribution in [0.4, 0.5) is 0 Å². The highest BCUT2D eigenvalue weighted by Gasteiger charge is 2.00. The summed E-state index contributed by atoms with van der Waals surface area (Å²) in [6.45, 7) is 7.75. The minimum absolute atomic E-state index is 0.992. The van der Waals surface area contributed by atoms with Gasteiger partial charge in [0.2, 0.25) is 0 Å². The van der Waals surface area contributed by atoms with Crippen LogP contribution in [0.2, 0.25) is 0 Å². The summed E-state index contributed by atoms with van der Waals surface area (Å²) < 4.78 is 2.34. The van der Waals surface area contributed by atoms with Crippen LogP contribution in [0.15, 0.2) is 59.8 Å². The van der Waals surface area contributed by atoms with Crippen LogP contribution in [0.5, 0.6) is 0 Å². The van der Waals surface area contributed by atoms with Gasteiger partial charge in [-0.2, -0.15) is 0 Å². The summed E-state index contributed by atoms with van der Waals surface area (Å²) in [5.74, 6) is 0. The lowest BCUT2D eigenvalue weighted by Crippen LogP contribution is -1.97. The SMILES string of the molecule is CCCC/C=C(\C)CC/C=C(\C)Cn1ccc2ccccc21. The van der Waals surface area contributed by atoms with Crippen LogP contribution in [-0.2, 0) is 6.54 Å². The molecule has 0 spiro atoms. The monoisotopic (exact) mass is 295 g/mol. The van der Waals surface area contributed by atoms with Gasteiger partial charge in [0.1, 0.15) is 0 Å². The molecule has 1 aromatic carbocycles. The van der Waals surface area contributed by atoms with Gasteiger partial charge >= 0.3 is 0 Å². The summed E-state index contributed by atoms with van der Waals surface area (Å²) in [4.78, 5) is 0. The zero-order valence-electron chi connectivity index (χ0n) is 14.3. The molecule has 0 saturated heterocycles. The van der Waals surface area contributed by atoms with Gasteiger partial charge in [0.05, 0.1) is 0 Å². The third-order valence-electron chi connectivity index (χ3n) is 4.18.